The Morgan fingerprint density at radius 1 is 1.05 bits per heavy atom. The number of carboxylic acids is 1. The molecule has 4 N–H and O–H groups in total. The second-order valence-electron chi connectivity index (χ2n) is 13.4. The van der Waals surface area contributed by atoms with Gasteiger partial charge in [0.1, 0.15) is 35.3 Å². The Balaban J connectivity index is 0.00000622. The summed E-state index contributed by atoms with van der Waals surface area (Å²) in [5.41, 5.74) is 1.61. The third-order valence-corrected chi connectivity index (χ3v) is 12.2. The molecule has 1 fully saturated rings. The fourth-order valence-corrected chi connectivity index (χ4v) is 8.96. The van der Waals surface area contributed by atoms with Crippen LogP contribution in [0.25, 0.3) is 27.9 Å². The van der Waals surface area contributed by atoms with Gasteiger partial charge in [-0.3, -0.25) is 19.3 Å². The maximum Gasteiger partial charge on any atom is 0.410 e. The molecular formula is C41H34Cl2N6O9S2Y-2. The van der Waals surface area contributed by atoms with Crippen LogP contribution in [-0.2, 0) is 64.9 Å². The van der Waals surface area contributed by atoms with Crippen molar-refractivity contribution < 1.29 is 71.3 Å². The maximum atomic E-state index is 13.3. The third-order valence-electron chi connectivity index (χ3n) is 9.53. The molecular weight excluding hydrogens is 944 g/mol. The van der Waals surface area contributed by atoms with Gasteiger partial charge in [0, 0.05) is 65.5 Å². The van der Waals surface area contributed by atoms with E-state index in [0.29, 0.717) is 32.3 Å². The molecule has 4 heterocycles. The van der Waals surface area contributed by atoms with Crippen LogP contribution in [0.5, 0.6) is 5.75 Å². The molecule has 0 spiro atoms. The van der Waals surface area contributed by atoms with E-state index >= 15 is 0 Å². The minimum Gasteiger partial charge on any atom is -0.477 e. The number of carbonyl (C=O) groups is 5. The topological polar surface area (TPSA) is 200 Å². The number of amides is 4. The van der Waals surface area contributed by atoms with Crippen LogP contribution in [0.4, 0.5) is 9.59 Å². The molecule has 2 aliphatic heterocycles. The van der Waals surface area contributed by atoms with E-state index in [9.17, 15) is 33.9 Å². The largest absolute Gasteiger partial charge is 0.477 e. The normalized spacial score (nSPS) is 16.1. The number of H-pyrrole nitrogens is 1. The van der Waals surface area contributed by atoms with E-state index in [1.54, 1.807) is 36.4 Å². The molecule has 2 aliphatic rings. The Labute approximate surface area is 392 Å². The van der Waals surface area contributed by atoms with Gasteiger partial charge in [0.05, 0.1) is 22.9 Å². The summed E-state index contributed by atoms with van der Waals surface area (Å²) >= 11 is 15.1. The van der Waals surface area contributed by atoms with Gasteiger partial charge >= 0.3 is 18.2 Å². The average Bonchev–Trinajstić information content (AvgIpc) is 3.75. The van der Waals surface area contributed by atoms with Crippen molar-refractivity contribution in [3.05, 3.63) is 134 Å². The van der Waals surface area contributed by atoms with Crippen molar-refractivity contribution in [1.82, 2.24) is 30.4 Å². The van der Waals surface area contributed by atoms with Crippen molar-refractivity contribution in [2.45, 2.75) is 30.5 Å². The molecule has 61 heavy (non-hydrogen) atoms. The number of benzene rings is 3. The van der Waals surface area contributed by atoms with Crippen LogP contribution in [0, 0.1) is 13.8 Å². The number of rotatable bonds is 13. The first kappa shape index (κ1) is 45.7. The Morgan fingerprint density at radius 3 is 2.49 bits per heavy atom. The number of ether oxygens (including phenoxy) is 2. The number of hydrogen-bond acceptors (Lipinski definition) is 11. The van der Waals surface area contributed by atoms with Crippen molar-refractivity contribution in [3.63, 3.8) is 0 Å². The van der Waals surface area contributed by atoms with Crippen LogP contribution in [0.15, 0.2) is 88.7 Å². The zero-order chi connectivity index (χ0) is 42.7. The van der Waals surface area contributed by atoms with Crippen LogP contribution >= 0.6 is 46.3 Å². The number of β-lactam (4-membered cyclic amide) rings is 1. The molecule has 4 amide bonds. The first-order valence-electron chi connectivity index (χ1n) is 18.1. The number of nitrogens with zero attached hydrogens (tertiary/aromatic N) is 3. The average molecular weight is 979 g/mol. The molecule has 3 atom stereocenters. The van der Waals surface area contributed by atoms with Crippen LogP contribution < -0.4 is 20.9 Å². The van der Waals surface area contributed by atoms with Gasteiger partial charge in [0.2, 0.25) is 5.91 Å². The first-order chi connectivity index (χ1) is 28.8. The fraction of sp³-hybridized carbons (Fsp3) is 0.195. The van der Waals surface area contributed by atoms with Gasteiger partial charge in [-0.05, 0) is 59.0 Å². The summed E-state index contributed by atoms with van der Waals surface area (Å²) in [6.07, 6.45) is -1.51. The van der Waals surface area contributed by atoms with E-state index in [0.717, 1.165) is 4.88 Å². The number of nitrogens with one attached hydrogen (secondary N) is 3. The molecule has 0 aliphatic carbocycles. The zero-order valence-corrected chi connectivity index (χ0v) is 37.9. The van der Waals surface area contributed by atoms with Crippen molar-refractivity contribution in [3.8, 4) is 17.1 Å². The Bertz CT molecular complexity index is 2590. The van der Waals surface area contributed by atoms with Gasteiger partial charge in [0.15, 0.2) is 0 Å². The number of thiophene rings is 1. The van der Waals surface area contributed by atoms with Gasteiger partial charge in [-0.1, -0.05) is 59.6 Å². The quantitative estimate of drug-likeness (QED) is 0.0779. The van der Waals surface area contributed by atoms with Crippen molar-refractivity contribution in [2.24, 2.45) is 0 Å². The number of carboxylic acid groups (broad SMARTS) is 1. The number of aromatic amines is 1. The van der Waals surface area contributed by atoms with E-state index < -0.39 is 47.1 Å². The predicted molar refractivity (Wildman–Crippen MR) is 227 cm³/mol. The molecule has 7 rings (SSSR count). The van der Waals surface area contributed by atoms with Gasteiger partial charge in [-0.2, -0.15) is 0 Å². The number of thioether (sulfide) groups is 1. The molecule has 2 aromatic heterocycles. The van der Waals surface area contributed by atoms with Crippen LogP contribution in [0.3, 0.4) is 0 Å². The molecule has 20 heteroatoms. The SMILES string of the molecule is [CH2-]CN(C(=O)Oc1ccc(Cl)cc1-c1nc2ccc(Cl)cc2c(=O)[nH]1)C([CH2-])CNC(=O)OCc1ccc(C2=C(C(=O)O)N3C(=O)C(NC(=O)Cc4cccs4)C3SC2)cc1.[Y]. The Hall–Kier alpha value is -4.78. The smallest absolute Gasteiger partial charge is 0.410 e. The monoisotopic (exact) mass is 977 g/mol. The second kappa shape index (κ2) is 19.9. The number of aliphatic carboxylic acids is 1. The summed E-state index contributed by atoms with van der Waals surface area (Å²) in [5, 5.41) is 17.7. The number of hydrogen-bond donors (Lipinski definition) is 4. The number of halogens is 2. The van der Waals surface area contributed by atoms with Crippen LogP contribution in [0.2, 0.25) is 10.0 Å². The van der Waals surface area contributed by atoms with Crippen LogP contribution in [0.1, 0.15) is 16.0 Å². The Morgan fingerprint density at radius 2 is 1.79 bits per heavy atom. The minimum atomic E-state index is -1.26. The number of aromatic nitrogens is 2. The zero-order valence-electron chi connectivity index (χ0n) is 31.9. The molecule has 313 valence electrons. The molecule has 3 unspecified atom stereocenters. The molecule has 0 saturated carbocycles. The first-order valence-corrected chi connectivity index (χ1v) is 20.8. The molecule has 3 aromatic carbocycles. The summed E-state index contributed by atoms with van der Waals surface area (Å²) in [4.78, 5) is 87.3. The predicted octanol–water partition coefficient (Wildman–Crippen LogP) is 6.16. The van der Waals surface area contributed by atoms with Crippen LogP contribution in [-0.4, -0.2) is 91.1 Å². The third kappa shape index (κ3) is 10.3. The summed E-state index contributed by atoms with van der Waals surface area (Å²) in [6, 6.07) is 17.8. The number of fused-ring (bicyclic) bond motifs is 2. The maximum absolute atomic E-state index is 13.3. The molecule has 15 nitrogen and oxygen atoms in total. The summed E-state index contributed by atoms with van der Waals surface area (Å²) in [5.74, 6) is -1.63. The minimum absolute atomic E-state index is 0. The van der Waals surface area contributed by atoms with Gasteiger partial charge in [-0.25, -0.2) is 19.4 Å². The molecule has 1 radical (unpaired) electrons. The van der Waals surface area contributed by atoms with E-state index in [-0.39, 0.29) is 98.7 Å². The van der Waals surface area contributed by atoms with Gasteiger partial charge in [-0.15, -0.1) is 29.6 Å². The second-order valence-corrected chi connectivity index (χ2v) is 16.4. The van der Waals surface area contributed by atoms with Gasteiger partial charge in [0.25, 0.3) is 11.5 Å². The Kier molecular flexibility index (Phi) is 15.0. The van der Waals surface area contributed by atoms with E-state index in [1.807, 2.05) is 17.5 Å². The van der Waals surface area contributed by atoms with Crippen molar-refractivity contribution in [2.75, 3.05) is 18.8 Å². The molecule has 1 saturated heterocycles. The summed E-state index contributed by atoms with van der Waals surface area (Å²) in [7, 11) is 0. The standard InChI is InChI=1S/C41H34Cl2N6O9S2.Y/c1-3-48(41(56)58-31-13-11-25(43)16-28(31)35-45-30-12-10-24(42)15-27(30)36(51)47-35)21(2)18-44-40(55)57-19-22-6-8-23(9-7-22)29-20-60-38-33(37(52)49(38)34(29)39(53)54)46-32(50)17-26-5-4-14-59-26;/h4-16,21,33,38H,1-3,17-20H2,(H,44,55)(H,46,50)(H,53,54)(H,45,47,51);/q-2;. The van der Waals surface area contributed by atoms with E-state index in [1.165, 1.54) is 57.2 Å². The summed E-state index contributed by atoms with van der Waals surface area (Å²) in [6.45, 7) is 7.42. The van der Waals surface area contributed by atoms with Crippen molar-refractivity contribution >= 4 is 92.7 Å². The molecule has 5 aromatic rings. The van der Waals surface area contributed by atoms with E-state index in [4.69, 9.17) is 32.7 Å². The summed E-state index contributed by atoms with van der Waals surface area (Å²) < 4.78 is 11.1. The molecule has 0 bridgehead atoms. The number of carbonyl (C=O) groups excluding carboxylic acids is 4. The van der Waals surface area contributed by atoms with E-state index in [2.05, 4.69) is 34.4 Å². The van der Waals surface area contributed by atoms with Gasteiger partial charge < -0.3 is 48.9 Å². The fourth-order valence-electron chi connectivity index (χ4n) is 6.54. The van der Waals surface area contributed by atoms with Crippen molar-refractivity contribution in [1.29, 1.82) is 0 Å². The number of alkyl carbamates (subject to hydrolysis) is 1.